The highest BCUT2D eigenvalue weighted by atomic mass is 79.9. The van der Waals surface area contributed by atoms with Crippen LogP contribution in [0.3, 0.4) is 0 Å². The molecule has 0 spiro atoms. The molecule has 1 aliphatic rings. The van der Waals surface area contributed by atoms with E-state index in [1.165, 1.54) is 11.3 Å². The first-order valence-corrected chi connectivity index (χ1v) is 15.4. The van der Waals surface area contributed by atoms with Crippen LogP contribution in [0, 0.1) is 0 Å². The van der Waals surface area contributed by atoms with Gasteiger partial charge in [0.15, 0.2) is 16.3 Å². The number of carbonyl (C=O) groups is 1. The summed E-state index contributed by atoms with van der Waals surface area (Å²) >= 11 is 4.71. The molecule has 2 heterocycles. The third kappa shape index (κ3) is 6.30. The SMILES string of the molecule is CCOC(=O)C1=C(C)N=c2s/c(=C/c3ccccc3OCc3ccc(Br)cc3)c(=O)n2[C@H]1c1cccc(OC)c1OCC. The Morgan fingerprint density at radius 3 is 2.47 bits per heavy atom. The molecule has 0 N–H and O–H groups in total. The van der Waals surface area contributed by atoms with Crippen LogP contribution in [-0.2, 0) is 16.1 Å². The minimum Gasteiger partial charge on any atom is -0.493 e. The lowest BCUT2D eigenvalue weighted by molar-refractivity contribution is -0.139. The number of ether oxygens (including phenoxy) is 4. The number of methoxy groups -OCH3 is 1. The van der Waals surface area contributed by atoms with Crippen molar-refractivity contribution in [2.45, 2.75) is 33.4 Å². The lowest BCUT2D eigenvalue weighted by atomic mass is 9.94. The van der Waals surface area contributed by atoms with Crippen molar-refractivity contribution in [2.75, 3.05) is 20.3 Å². The van der Waals surface area contributed by atoms with Crippen molar-refractivity contribution in [3.63, 3.8) is 0 Å². The number of hydrogen-bond donors (Lipinski definition) is 0. The maximum atomic E-state index is 14.2. The Kier molecular flexibility index (Phi) is 9.47. The molecule has 1 atom stereocenters. The van der Waals surface area contributed by atoms with E-state index >= 15 is 0 Å². The smallest absolute Gasteiger partial charge is 0.338 e. The zero-order chi connectivity index (χ0) is 30.5. The maximum Gasteiger partial charge on any atom is 0.338 e. The summed E-state index contributed by atoms with van der Waals surface area (Å²) in [5.41, 5.74) is 2.82. The van der Waals surface area contributed by atoms with E-state index in [2.05, 4.69) is 20.9 Å². The number of para-hydroxylation sites is 2. The Labute approximate surface area is 261 Å². The molecule has 10 heteroatoms. The molecule has 4 aromatic rings. The lowest BCUT2D eigenvalue weighted by Crippen LogP contribution is -2.40. The summed E-state index contributed by atoms with van der Waals surface area (Å²) in [6, 6.07) is 20.1. The number of carbonyl (C=O) groups excluding carboxylic acids is 1. The summed E-state index contributed by atoms with van der Waals surface area (Å²) < 4.78 is 26.2. The molecule has 0 radical (unpaired) electrons. The normalized spacial score (nSPS) is 14.6. The first-order valence-electron chi connectivity index (χ1n) is 13.8. The molecular weight excluding hydrogens is 632 g/mol. The number of nitrogens with zero attached hydrogens (tertiary/aromatic N) is 2. The molecule has 0 bridgehead atoms. The van der Waals surface area contributed by atoms with Crippen LogP contribution in [0.4, 0.5) is 0 Å². The maximum absolute atomic E-state index is 14.2. The first kappa shape index (κ1) is 30.3. The van der Waals surface area contributed by atoms with Gasteiger partial charge in [0.25, 0.3) is 5.56 Å². The molecule has 0 amide bonds. The van der Waals surface area contributed by atoms with Crippen molar-refractivity contribution in [1.29, 1.82) is 0 Å². The van der Waals surface area contributed by atoms with Gasteiger partial charge in [0.1, 0.15) is 18.4 Å². The number of benzene rings is 3. The predicted octanol–water partition coefficient (Wildman–Crippen LogP) is 5.55. The standard InChI is InChI=1S/C33H31BrN2O6S/c1-5-40-30-24(11-9-13-26(30)39-4)29-28(32(38)41-6-2)20(3)35-33-36(29)31(37)27(43-33)18-22-10-7-8-12-25(22)42-19-21-14-16-23(34)17-15-21/h7-18,29H,5-6,19H2,1-4H3/b27-18+/t29-/m0/s1. The van der Waals surface area contributed by atoms with Gasteiger partial charge in [-0.1, -0.05) is 69.7 Å². The van der Waals surface area contributed by atoms with Gasteiger partial charge < -0.3 is 18.9 Å². The van der Waals surface area contributed by atoms with E-state index in [0.29, 0.717) is 51.1 Å². The number of fused-ring (bicyclic) bond motifs is 1. The minimum absolute atomic E-state index is 0.181. The van der Waals surface area contributed by atoms with Crippen molar-refractivity contribution in [3.05, 3.63) is 119 Å². The van der Waals surface area contributed by atoms with Gasteiger partial charge in [-0.3, -0.25) is 9.36 Å². The summed E-state index contributed by atoms with van der Waals surface area (Å²) in [5.74, 6) is 1.05. The Balaban J connectivity index is 1.65. The van der Waals surface area contributed by atoms with Crippen LogP contribution >= 0.6 is 27.3 Å². The zero-order valence-corrected chi connectivity index (χ0v) is 26.7. The van der Waals surface area contributed by atoms with Crippen LogP contribution in [0.15, 0.2) is 92.3 Å². The Morgan fingerprint density at radius 1 is 1.00 bits per heavy atom. The van der Waals surface area contributed by atoms with E-state index in [-0.39, 0.29) is 17.7 Å². The van der Waals surface area contributed by atoms with Crippen molar-refractivity contribution >= 4 is 39.3 Å². The van der Waals surface area contributed by atoms with Crippen molar-refractivity contribution in [2.24, 2.45) is 4.99 Å². The van der Waals surface area contributed by atoms with Crippen LogP contribution in [0.1, 0.15) is 43.5 Å². The van der Waals surface area contributed by atoms with E-state index in [4.69, 9.17) is 18.9 Å². The molecule has 3 aromatic carbocycles. The largest absolute Gasteiger partial charge is 0.493 e. The molecule has 0 saturated carbocycles. The summed E-state index contributed by atoms with van der Waals surface area (Å²) in [4.78, 5) is 32.7. The second-order valence-corrected chi connectivity index (χ2v) is 11.5. The Bertz CT molecular complexity index is 1860. The molecule has 222 valence electrons. The Hall–Kier alpha value is -4.15. The molecule has 0 aliphatic carbocycles. The van der Waals surface area contributed by atoms with Gasteiger partial charge in [-0.25, -0.2) is 9.79 Å². The van der Waals surface area contributed by atoms with Crippen molar-refractivity contribution in [1.82, 2.24) is 4.57 Å². The Morgan fingerprint density at radius 2 is 1.74 bits per heavy atom. The number of allylic oxidation sites excluding steroid dienone is 1. The number of esters is 1. The summed E-state index contributed by atoms with van der Waals surface area (Å²) in [6.07, 6.45) is 1.80. The van der Waals surface area contributed by atoms with Crippen LogP contribution in [0.2, 0.25) is 0 Å². The fourth-order valence-corrected chi connectivity index (χ4v) is 6.21. The number of thiazole rings is 1. The summed E-state index contributed by atoms with van der Waals surface area (Å²) in [7, 11) is 1.55. The molecule has 1 aromatic heterocycles. The number of rotatable bonds is 10. The molecule has 0 unspecified atom stereocenters. The molecular formula is C33H31BrN2O6S. The van der Waals surface area contributed by atoms with Gasteiger partial charge in [0.2, 0.25) is 0 Å². The van der Waals surface area contributed by atoms with Gasteiger partial charge in [-0.15, -0.1) is 0 Å². The summed E-state index contributed by atoms with van der Waals surface area (Å²) in [6.45, 7) is 6.28. The zero-order valence-electron chi connectivity index (χ0n) is 24.3. The number of halogens is 1. The molecule has 0 saturated heterocycles. The fraction of sp³-hybridized carbons (Fsp3) is 0.242. The number of aromatic nitrogens is 1. The monoisotopic (exact) mass is 662 g/mol. The predicted molar refractivity (Wildman–Crippen MR) is 169 cm³/mol. The van der Waals surface area contributed by atoms with E-state index in [1.807, 2.05) is 67.6 Å². The highest BCUT2D eigenvalue weighted by Crippen LogP contribution is 2.40. The molecule has 8 nitrogen and oxygen atoms in total. The number of hydrogen-bond acceptors (Lipinski definition) is 8. The van der Waals surface area contributed by atoms with Crippen LogP contribution in [0.25, 0.3) is 6.08 Å². The second kappa shape index (κ2) is 13.4. The van der Waals surface area contributed by atoms with Gasteiger partial charge in [0.05, 0.1) is 36.1 Å². The van der Waals surface area contributed by atoms with E-state index in [1.54, 1.807) is 37.7 Å². The third-order valence-corrected chi connectivity index (χ3v) is 8.35. The van der Waals surface area contributed by atoms with Gasteiger partial charge >= 0.3 is 5.97 Å². The van der Waals surface area contributed by atoms with Crippen LogP contribution in [-0.4, -0.2) is 30.9 Å². The highest BCUT2D eigenvalue weighted by Gasteiger charge is 2.36. The van der Waals surface area contributed by atoms with Crippen LogP contribution < -0.4 is 29.1 Å². The highest BCUT2D eigenvalue weighted by molar-refractivity contribution is 9.10. The third-order valence-electron chi connectivity index (χ3n) is 6.84. The second-order valence-electron chi connectivity index (χ2n) is 9.57. The van der Waals surface area contributed by atoms with Crippen molar-refractivity contribution < 1.29 is 23.7 Å². The summed E-state index contributed by atoms with van der Waals surface area (Å²) in [5, 5.41) is 0. The minimum atomic E-state index is -0.835. The molecule has 1 aliphatic heterocycles. The van der Waals surface area contributed by atoms with E-state index in [9.17, 15) is 9.59 Å². The fourth-order valence-electron chi connectivity index (χ4n) is 4.91. The topological polar surface area (TPSA) is 88.4 Å². The van der Waals surface area contributed by atoms with Gasteiger partial charge in [-0.2, -0.15) is 0 Å². The van der Waals surface area contributed by atoms with Crippen LogP contribution in [0.5, 0.6) is 17.2 Å². The molecule has 0 fully saturated rings. The van der Waals surface area contributed by atoms with E-state index < -0.39 is 12.0 Å². The van der Waals surface area contributed by atoms with Gasteiger partial charge in [-0.05, 0) is 56.7 Å². The van der Waals surface area contributed by atoms with E-state index in [0.717, 1.165) is 15.6 Å². The first-order chi connectivity index (χ1) is 20.9. The van der Waals surface area contributed by atoms with Gasteiger partial charge in [0, 0.05) is 15.6 Å². The average molecular weight is 664 g/mol. The molecule has 43 heavy (non-hydrogen) atoms. The molecule has 5 rings (SSSR count). The van der Waals surface area contributed by atoms with Crippen molar-refractivity contribution in [3.8, 4) is 17.2 Å². The average Bonchev–Trinajstić information content (AvgIpc) is 3.31. The lowest BCUT2D eigenvalue weighted by Gasteiger charge is -2.26. The quantitative estimate of drug-likeness (QED) is 0.207.